The summed E-state index contributed by atoms with van der Waals surface area (Å²) in [5.74, 6) is -0.0164. The number of carbonyl (C=O) groups is 1. The van der Waals surface area contributed by atoms with Gasteiger partial charge in [0.1, 0.15) is 0 Å². The van der Waals surface area contributed by atoms with Crippen LogP contribution in [0.4, 0.5) is 5.69 Å². The molecule has 0 bridgehead atoms. The predicted molar refractivity (Wildman–Crippen MR) is 92.0 cm³/mol. The second-order valence-corrected chi connectivity index (χ2v) is 6.53. The number of nitrogens with zero attached hydrogens (tertiary/aromatic N) is 4. The van der Waals surface area contributed by atoms with E-state index in [1.165, 1.54) is 0 Å². The molecule has 3 aromatic heterocycles. The van der Waals surface area contributed by atoms with Crippen molar-refractivity contribution in [2.75, 3.05) is 5.73 Å². The highest BCUT2D eigenvalue weighted by Crippen LogP contribution is 2.25. The van der Waals surface area contributed by atoms with Gasteiger partial charge in [0, 0.05) is 12.4 Å². The number of rotatable bonds is 3. The van der Waals surface area contributed by atoms with Crippen molar-refractivity contribution >= 4 is 22.9 Å². The first-order valence-corrected chi connectivity index (χ1v) is 8.44. The first kappa shape index (κ1) is 14.8. The average Bonchev–Trinajstić information content (AvgIpc) is 3.26. The van der Waals surface area contributed by atoms with E-state index in [-0.39, 0.29) is 12.3 Å². The van der Waals surface area contributed by atoms with Crippen LogP contribution in [0, 0.1) is 0 Å². The third kappa shape index (κ3) is 2.74. The monoisotopic (exact) mass is 337 g/mol. The van der Waals surface area contributed by atoms with Crippen molar-refractivity contribution in [1.82, 2.24) is 19.9 Å². The van der Waals surface area contributed by atoms with Crippen molar-refractivity contribution in [2.24, 2.45) is 0 Å². The summed E-state index contributed by atoms with van der Waals surface area (Å²) in [6.07, 6.45) is 3.48. The van der Waals surface area contributed by atoms with E-state index < -0.39 is 0 Å². The summed E-state index contributed by atoms with van der Waals surface area (Å²) in [4.78, 5) is 28.5. The highest BCUT2D eigenvalue weighted by atomic mass is 32.1. The molecule has 0 radical (unpaired) electrons. The molecule has 6 nitrogen and oxygen atoms in total. The number of carbonyl (C=O) groups excluding carboxylic acids is 1. The van der Waals surface area contributed by atoms with Crippen LogP contribution >= 0.6 is 11.3 Å². The lowest BCUT2D eigenvalue weighted by Crippen LogP contribution is -2.27. The van der Waals surface area contributed by atoms with Gasteiger partial charge in [0.25, 0.3) is 0 Å². The van der Waals surface area contributed by atoms with Crippen LogP contribution in [0.25, 0.3) is 10.6 Å². The Morgan fingerprint density at radius 2 is 1.92 bits per heavy atom. The van der Waals surface area contributed by atoms with Crippen LogP contribution in [0.15, 0.2) is 42.0 Å². The maximum atomic E-state index is 12.6. The van der Waals surface area contributed by atoms with E-state index in [1.54, 1.807) is 28.6 Å². The Morgan fingerprint density at radius 1 is 1.17 bits per heavy atom. The number of anilines is 1. The van der Waals surface area contributed by atoms with Gasteiger partial charge in [-0.3, -0.25) is 14.8 Å². The van der Waals surface area contributed by atoms with Crippen LogP contribution < -0.4 is 5.73 Å². The van der Waals surface area contributed by atoms with Crippen LogP contribution in [0.2, 0.25) is 0 Å². The third-order valence-corrected chi connectivity index (χ3v) is 4.89. The van der Waals surface area contributed by atoms with Crippen LogP contribution in [0.5, 0.6) is 0 Å². The lowest BCUT2D eigenvalue weighted by Gasteiger charge is -2.15. The van der Waals surface area contributed by atoms with Gasteiger partial charge in [-0.1, -0.05) is 6.07 Å². The predicted octanol–water partition coefficient (Wildman–Crippen LogP) is 2.27. The van der Waals surface area contributed by atoms with Crippen LogP contribution in [-0.2, 0) is 24.3 Å². The van der Waals surface area contributed by atoms with E-state index in [0.717, 1.165) is 22.0 Å². The van der Waals surface area contributed by atoms with Crippen molar-refractivity contribution in [3.05, 3.63) is 59.1 Å². The molecule has 0 aliphatic carbocycles. The highest BCUT2D eigenvalue weighted by molar-refractivity contribution is 7.13. The summed E-state index contributed by atoms with van der Waals surface area (Å²) < 4.78 is 0. The van der Waals surface area contributed by atoms with Crippen molar-refractivity contribution < 1.29 is 4.79 Å². The number of hydrogen-bond acceptors (Lipinski definition) is 6. The Balaban J connectivity index is 1.53. The van der Waals surface area contributed by atoms with Gasteiger partial charge in [0.2, 0.25) is 5.91 Å². The Kier molecular flexibility index (Phi) is 3.70. The summed E-state index contributed by atoms with van der Waals surface area (Å²) in [6, 6.07) is 7.68. The van der Waals surface area contributed by atoms with E-state index in [0.29, 0.717) is 24.5 Å². The second kappa shape index (κ2) is 6.01. The first-order valence-electron chi connectivity index (χ1n) is 7.56. The number of aromatic nitrogens is 3. The number of amides is 1. The molecule has 1 amide bonds. The molecule has 4 heterocycles. The maximum absolute atomic E-state index is 12.6. The molecule has 24 heavy (non-hydrogen) atoms. The molecule has 0 spiro atoms. The molecule has 1 aliphatic rings. The fourth-order valence-electron chi connectivity index (χ4n) is 2.72. The van der Waals surface area contributed by atoms with Crippen LogP contribution in [-0.4, -0.2) is 25.8 Å². The fourth-order valence-corrected chi connectivity index (χ4v) is 3.42. The molecule has 0 atom stereocenters. The van der Waals surface area contributed by atoms with Gasteiger partial charge in [-0.05, 0) is 23.6 Å². The highest BCUT2D eigenvalue weighted by Gasteiger charge is 2.26. The van der Waals surface area contributed by atoms with Crippen molar-refractivity contribution in [3.63, 3.8) is 0 Å². The largest absolute Gasteiger partial charge is 0.397 e. The normalized spacial score (nSPS) is 13.1. The minimum absolute atomic E-state index is 0.0164. The zero-order chi connectivity index (χ0) is 16.5. The van der Waals surface area contributed by atoms with E-state index in [4.69, 9.17) is 5.73 Å². The minimum Gasteiger partial charge on any atom is -0.397 e. The molecule has 4 rings (SSSR count). The average molecular weight is 337 g/mol. The lowest BCUT2D eigenvalue weighted by molar-refractivity contribution is -0.131. The number of nitrogens with two attached hydrogens (primary N) is 1. The molecule has 2 N–H and O–H groups in total. The summed E-state index contributed by atoms with van der Waals surface area (Å²) in [5.41, 5.74) is 9.73. The topological polar surface area (TPSA) is 85.0 Å². The molecule has 0 unspecified atom stereocenters. The van der Waals surface area contributed by atoms with Crippen molar-refractivity contribution in [3.8, 4) is 10.6 Å². The van der Waals surface area contributed by atoms with Gasteiger partial charge in [0.05, 0.1) is 52.9 Å². The quantitative estimate of drug-likeness (QED) is 0.792. The van der Waals surface area contributed by atoms with Crippen LogP contribution in [0.3, 0.4) is 0 Å². The van der Waals surface area contributed by atoms with Gasteiger partial charge >= 0.3 is 0 Å². The van der Waals surface area contributed by atoms with E-state index in [2.05, 4.69) is 15.0 Å². The Morgan fingerprint density at radius 3 is 2.58 bits per heavy atom. The molecule has 3 aromatic rings. The second-order valence-electron chi connectivity index (χ2n) is 5.59. The molecule has 1 aliphatic heterocycles. The van der Waals surface area contributed by atoms with E-state index in [9.17, 15) is 4.79 Å². The third-order valence-electron chi connectivity index (χ3n) is 4.00. The smallest absolute Gasteiger partial charge is 0.229 e. The molecule has 0 saturated heterocycles. The van der Waals surface area contributed by atoms with Gasteiger partial charge in [-0.25, -0.2) is 4.98 Å². The Labute approximate surface area is 143 Å². The SMILES string of the molecule is Nc1ccc(-c2cccs2)nc1CC(=O)N1Cc2nccnc2C1. The Bertz CT molecular complexity index is 869. The van der Waals surface area contributed by atoms with Crippen molar-refractivity contribution in [2.45, 2.75) is 19.5 Å². The van der Waals surface area contributed by atoms with Gasteiger partial charge < -0.3 is 10.6 Å². The zero-order valence-electron chi connectivity index (χ0n) is 12.8. The maximum Gasteiger partial charge on any atom is 0.229 e. The summed E-state index contributed by atoms with van der Waals surface area (Å²) >= 11 is 1.61. The van der Waals surface area contributed by atoms with E-state index in [1.807, 2.05) is 29.6 Å². The van der Waals surface area contributed by atoms with E-state index >= 15 is 0 Å². The summed E-state index contributed by atoms with van der Waals surface area (Å²) in [5, 5.41) is 2.00. The number of nitrogen functional groups attached to an aromatic ring is 1. The van der Waals surface area contributed by atoms with Crippen LogP contribution in [0.1, 0.15) is 17.1 Å². The number of pyridine rings is 1. The summed E-state index contributed by atoms with van der Waals surface area (Å²) in [6.45, 7) is 0.985. The van der Waals surface area contributed by atoms with Gasteiger partial charge in [0.15, 0.2) is 0 Å². The number of fused-ring (bicyclic) bond motifs is 1. The zero-order valence-corrected chi connectivity index (χ0v) is 13.7. The number of thiophene rings is 1. The number of hydrogen-bond donors (Lipinski definition) is 1. The molecular formula is C17H15N5OS. The van der Waals surface area contributed by atoms with Gasteiger partial charge in [-0.2, -0.15) is 0 Å². The molecular weight excluding hydrogens is 322 g/mol. The minimum atomic E-state index is -0.0164. The van der Waals surface area contributed by atoms with Gasteiger partial charge in [-0.15, -0.1) is 11.3 Å². The molecule has 0 fully saturated rings. The molecule has 0 aromatic carbocycles. The standard InChI is InChI=1S/C17H15N5OS/c18-11-3-4-12(16-2-1-7-24-16)21-13(11)8-17(23)22-9-14-15(10-22)20-6-5-19-14/h1-7H,8-10,18H2. The fraction of sp³-hybridized carbons (Fsp3) is 0.176. The van der Waals surface area contributed by atoms with Crippen molar-refractivity contribution in [1.29, 1.82) is 0 Å². The summed E-state index contributed by atoms with van der Waals surface area (Å²) in [7, 11) is 0. The molecule has 120 valence electrons. The molecule has 0 saturated carbocycles. The Hall–Kier alpha value is -2.80. The molecule has 7 heteroatoms. The lowest BCUT2D eigenvalue weighted by atomic mass is 10.2. The first-order chi connectivity index (χ1) is 11.7.